The normalized spacial score (nSPS) is 27.2. The summed E-state index contributed by atoms with van der Waals surface area (Å²) >= 11 is 0. The quantitative estimate of drug-likeness (QED) is 0.710. The van der Waals surface area contributed by atoms with Gasteiger partial charge in [-0.25, -0.2) is 14.4 Å². The lowest BCUT2D eigenvalue weighted by Crippen LogP contribution is -2.20. The van der Waals surface area contributed by atoms with Gasteiger partial charge in [-0.05, 0) is 0 Å². The van der Waals surface area contributed by atoms with E-state index >= 15 is 0 Å². The Morgan fingerprint density at radius 3 is 2.95 bits per heavy atom. The minimum Gasteiger partial charge on any atom is -0.424 e. The Labute approximate surface area is 105 Å². The molecule has 8 nitrogen and oxygen atoms in total. The number of hydrogen-bond acceptors (Lipinski definition) is 6. The maximum Gasteiger partial charge on any atom is 0.314 e. The third kappa shape index (κ3) is 1.78. The zero-order valence-corrected chi connectivity index (χ0v) is 9.68. The largest absolute Gasteiger partial charge is 0.424 e. The van der Waals surface area contributed by atoms with Crippen LogP contribution in [0.4, 0.5) is 4.39 Å². The van der Waals surface area contributed by atoms with E-state index in [2.05, 4.69) is 9.97 Å². The Morgan fingerprint density at radius 2 is 2.26 bits per heavy atom. The summed E-state index contributed by atoms with van der Waals surface area (Å²) in [6.45, 7) is -0.277. The van der Waals surface area contributed by atoms with Gasteiger partial charge in [0, 0.05) is 6.42 Å². The summed E-state index contributed by atoms with van der Waals surface area (Å²) < 4.78 is 20.8. The van der Waals surface area contributed by atoms with Gasteiger partial charge in [-0.2, -0.15) is 0 Å². The van der Waals surface area contributed by atoms with Crippen molar-refractivity contribution >= 4 is 11.2 Å². The van der Waals surface area contributed by atoms with Gasteiger partial charge in [0.25, 0.3) is 0 Å². The summed E-state index contributed by atoms with van der Waals surface area (Å²) in [6.07, 6.45) is -0.685. The number of hydrogen-bond donors (Lipinski definition) is 2. The van der Waals surface area contributed by atoms with Crippen molar-refractivity contribution in [2.75, 3.05) is 6.61 Å². The third-order valence-corrected chi connectivity index (χ3v) is 3.07. The third-order valence-electron chi connectivity index (χ3n) is 3.07. The molecule has 0 aromatic carbocycles. The van der Waals surface area contributed by atoms with Crippen LogP contribution in [-0.4, -0.2) is 48.5 Å². The van der Waals surface area contributed by atoms with Crippen molar-refractivity contribution in [3.8, 4) is 0 Å². The van der Waals surface area contributed by atoms with Crippen molar-refractivity contribution in [2.24, 2.45) is 0 Å². The lowest BCUT2D eigenvalue weighted by Gasteiger charge is -2.15. The standard InChI is InChI=1S/C10H11FN4O4/c11-6-1-5(2-16)19-10(6)14-3-12-7-8(14)13-4-15(18)9(7)17/h3-6,10,16,18H,1-2H2/t5-,6-,10+/m0/s1. The first kappa shape index (κ1) is 12.1. The van der Waals surface area contributed by atoms with Crippen LogP contribution < -0.4 is 5.56 Å². The van der Waals surface area contributed by atoms with E-state index in [0.29, 0.717) is 4.73 Å². The van der Waals surface area contributed by atoms with Crippen LogP contribution in [-0.2, 0) is 4.74 Å². The molecule has 3 rings (SSSR count). The lowest BCUT2D eigenvalue weighted by atomic mass is 10.2. The monoisotopic (exact) mass is 270 g/mol. The summed E-state index contributed by atoms with van der Waals surface area (Å²) in [6, 6.07) is 0. The topological polar surface area (TPSA) is 102 Å². The number of nitrogens with zero attached hydrogens (tertiary/aromatic N) is 4. The number of ether oxygens (including phenoxy) is 1. The number of halogens is 1. The van der Waals surface area contributed by atoms with Gasteiger partial charge in [0.2, 0.25) is 0 Å². The molecule has 102 valence electrons. The van der Waals surface area contributed by atoms with E-state index in [1.54, 1.807) is 0 Å². The molecule has 0 amide bonds. The fourth-order valence-corrected chi connectivity index (χ4v) is 2.15. The lowest BCUT2D eigenvalue weighted by molar-refractivity contribution is -0.0351. The molecule has 1 aliphatic heterocycles. The molecular weight excluding hydrogens is 259 g/mol. The average Bonchev–Trinajstić information content (AvgIpc) is 2.97. The fraction of sp³-hybridized carbons (Fsp3) is 0.500. The van der Waals surface area contributed by atoms with Gasteiger partial charge in [0.05, 0.1) is 19.0 Å². The molecule has 2 aromatic rings. The van der Waals surface area contributed by atoms with Crippen LogP contribution in [0.5, 0.6) is 0 Å². The average molecular weight is 270 g/mol. The molecule has 3 atom stereocenters. The molecule has 1 fully saturated rings. The van der Waals surface area contributed by atoms with Crippen LogP contribution in [0, 0.1) is 0 Å². The van der Waals surface area contributed by atoms with Crippen molar-refractivity contribution in [1.29, 1.82) is 0 Å². The van der Waals surface area contributed by atoms with Crippen molar-refractivity contribution in [3.05, 3.63) is 23.0 Å². The first-order chi connectivity index (χ1) is 9.11. The Hall–Kier alpha value is -2.00. The molecule has 9 heteroatoms. The smallest absolute Gasteiger partial charge is 0.314 e. The van der Waals surface area contributed by atoms with Gasteiger partial charge in [0.15, 0.2) is 17.4 Å². The summed E-state index contributed by atoms with van der Waals surface area (Å²) in [4.78, 5) is 19.2. The highest BCUT2D eigenvalue weighted by Gasteiger charge is 2.37. The highest BCUT2D eigenvalue weighted by Crippen LogP contribution is 2.32. The maximum absolute atomic E-state index is 13.9. The van der Waals surface area contributed by atoms with Crippen LogP contribution in [0.15, 0.2) is 17.4 Å². The van der Waals surface area contributed by atoms with E-state index in [-0.39, 0.29) is 24.2 Å². The highest BCUT2D eigenvalue weighted by atomic mass is 19.1. The Bertz CT molecular complexity index is 669. The van der Waals surface area contributed by atoms with Crippen LogP contribution in [0.3, 0.4) is 0 Å². The zero-order valence-electron chi connectivity index (χ0n) is 9.68. The molecule has 0 aliphatic carbocycles. The van der Waals surface area contributed by atoms with Gasteiger partial charge in [-0.1, -0.05) is 0 Å². The molecule has 0 bridgehead atoms. The van der Waals surface area contributed by atoms with Crippen LogP contribution in [0.25, 0.3) is 11.2 Å². The minimum absolute atomic E-state index is 0.0674. The number of alkyl halides is 1. The van der Waals surface area contributed by atoms with E-state index < -0.39 is 24.1 Å². The molecule has 0 radical (unpaired) electrons. The van der Waals surface area contributed by atoms with Crippen LogP contribution in [0.1, 0.15) is 12.6 Å². The zero-order chi connectivity index (χ0) is 13.6. The summed E-state index contributed by atoms with van der Waals surface area (Å²) in [5.41, 5.74) is -0.689. The second-order valence-electron chi connectivity index (χ2n) is 4.30. The number of imidazole rings is 1. The van der Waals surface area contributed by atoms with Crippen LogP contribution >= 0.6 is 0 Å². The highest BCUT2D eigenvalue weighted by molar-refractivity contribution is 5.69. The van der Waals surface area contributed by atoms with E-state index in [4.69, 9.17) is 9.84 Å². The number of aromatic nitrogens is 4. The van der Waals surface area contributed by atoms with Crippen LogP contribution in [0.2, 0.25) is 0 Å². The minimum atomic E-state index is -1.33. The van der Waals surface area contributed by atoms with E-state index in [0.717, 1.165) is 6.33 Å². The van der Waals surface area contributed by atoms with E-state index in [1.165, 1.54) is 10.9 Å². The maximum atomic E-state index is 13.9. The second kappa shape index (κ2) is 4.28. The van der Waals surface area contributed by atoms with E-state index in [9.17, 15) is 14.4 Å². The fourth-order valence-electron chi connectivity index (χ4n) is 2.15. The molecule has 19 heavy (non-hydrogen) atoms. The van der Waals surface area contributed by atoms with Gasteiger partial charge in [-0.15, -0.1) is 4.73 Å². The van der Waals surface area contributed by atoms with Gasteiger partial charge < -0.3 is 15.1 Å². The molecule has 3 heterocycles. The molecule has 1 saturated heterocycles. The van der Waals surface area contributed by atoms with Crippen molar-refractivity contribution in [3.63, 3.8) is 0 Å². The summed E-state index contributed by atoms with van der Waals surface area (Å²) in [5.74, 6) is 0. The first-order valence-corrected chi connectivity index (χ1v) is 5.65. The predicted molar refractivity (Wildman–Crippen MR) is 59.5 cm³/mol. The number of fused-ring (bicyclic) bond motifs is 1. The summed E-state index contributed by atoms with van der Waals surface area (Å²) in [5, 5.41) is 18.2. The Kier molecular flexibility index (Phi) is 2.72. The number of aliphatic hydroxyl groups is 1. The van der Waals surface area contributed by atoms with Crippen molar-refractivity contribution in [1.82, 2.24) is 19.3 Å². The van der Waals surface area contributed by atoms with E-state index in [1.807, 2.05) is 0 Å². The van der Waals surface area contributed by atoms with Gasteiger partial charge >= 0.3 is 5.56 Å². The molecule has 0 saturated carbocycles. The SMILES string of the molecule is O=c1c2ncn([C@@H]3O[C@H](CO)C[C@@H]3F)c2ncn1O. The van der Waals surface area contributed by atoms with Gasteiger partial charge in [-0.3, -0.25) is 9.36 Å². The molecule has 0 unspecified atom stereocenters. The molecular formula is C10H11FN4O4. The molecule has 0 spiro atoms. The molecule has 1 aliphatic rings. The second-order valence-corrected chi connectivity index (χ2v) is 4.30. The Morgan fingerprint density at radius 1 is 1.47 bits per heavy atom. The molecule has 2 aromatic heterocycles. The van der Waals surface area contributed by atoms with Crippen molar-refractivity contribution < 1.29 is 19.4 Å². The first-order valence-electron chi connectivity index (χ1n) is 5.65. The number of aliphatic hydroxyl groups excluding tert-OH is 1. The summed E-state index contributed by atoms with van der Waals surface area (Å²) in [7, 11) is 0. The molecule has 2 N–H and O–H groups in total. The Balaban J connectivity index is 2.07. The van der Waals surface area contributed by atoms with Gasteiger partial charge in [0.1, 0.15) is 12.5 Å². The number of rotatable bonds is 2. The predicted octanol–water partition coefficient (Wildman–Crippen LogP) is -0.552. The van der Waals surface area contributed by atoms with Crippen molar-refractivity contribution in [2.45, 2.75) is 24.9 Å².